The Morgan fingerprint density at radius 2 is 1.95 bits per heavy atom. The van der Waals surface area contributed by atoms with Crippen molar-refractivity contribution in [2.75, 3.05) is 5.32 Å². The average molecular weight is 318 g/mol. The van der Waals surface area contributed by atoms with E-state index in [1.165, 1.54) is 12.1 Å². The van der Waals surface area contributed by atoms with Crippen molar-refractivity contribution in [2.24, 2.45) is 0 Å². The second-order valence-electron chi connectivity index (χ2n) is 3.81. The zero-order valence-corrected chi connectivity index (χ0v) is 11.3. The highest BCUT2D eigenvalue weighted by molar-refractivity contribution is 6.32. The van der Waals surface area contributed by atoms with E-state index in [0.717, 1.165) is 6.07 Å². The van der Waals surface area contributed by atoms with Gasteiger partial charge in [-0.3, -0.25) is 4.79 Å². The van der Waals surface area contributed by atoms with Gasteiger partial charge in [-0.05, 0) is 23.2 Å². The molecule has 1 aromatic carbocycles. The topological polar surface area (TPSA) is 54.9 Å². The van der Waals surface area contributed by atoms with Gasteiger partial charge < -0.3 is 5.32 Å². The van der Waals surface area contributed by atoms with Gasteiger partial charge in [-0.2, -0.15) is 0 Å². The molecule has 1 heterocycles. The quantitative estimate of drug-likeness (QED) is 0.698. The molecule has 0 unspecified atom stereocenters. The molecule has 0 radical (unpaired) electrons. The van der Waals surface area contributed by atoms with Gasteiger partial charge in [0, 0.05) is 12.1 Å². The second-order valence-corrected chi connectivity index (χ2v) is 4.53. The molecule has 2 aromatic rings. The van der Waals surface area contributed by atoms with Gasteiger partial charge >= 0.3 is 0 Å². The number of halogens is 4. The Bertz CT molecular complexity index is 647. The van der Waals surface area contributed by atoms with E-state index >= 15 is 0 Å². The van der Waals surface area contributed by atoms with Gasteiger partial charge in [0.25, 0.3) is 0 Å². The predicted molar refractivity (Wildman–Crippen MR) is 70.7 cm³/mol. The molecule has 0 bridgehead atoms. The summed E-state index contributed by atoms with van der Waals surface area (Å²) >= 11 is 11.2. The molecule has 0 aliphatic carbocycles. The molecule has 0 saturated carbocycles. The van der Waals surface area contributed by atoms with Crippen LogP contribution >= 0.6 is 23.2 Å². The van der Waals surface area contributed by atoms with Crippen LogP contribution < -0.4 is 5.32 Å². The molecule has 0 aliphatic rings. The SMILES string of the molecule is O=C(Cc1ccc(F)cc1F)Nc1cc(Cl)nc(Cl)n1. The minimum absolute atomic E-state index is 0.0632. The molecule has 0 aliphatic heterocycles. The monoisotopic (exact) mass is 317 g/mol. The Morgan fingerprint density at radius 3 is 2.60 bits per heavy atom. The molecule has 8 heteroatoms. The number of hydrogen-bond acceptors (Lipinski definition) is 3. The fourth-order valence-corrected chi connectivity index (χ4v) is 1.89. The molecular weight excluding hydrogens is 311 g/mol. The number of aromatic nitrogens is 2. The fourth-order valence-electron chi connectivity index (χ4n) is 1.48. The maximum Gasteiger partial charge on any atom is 0.230 e. The average Bonchev–Trinajstić information content (AvgIpc) is 2.31. The van der Waals surface area contributed by atoms with Crippen LogP contribution in [0.25, 0.3) is 0 Å². The number of rotatable bonds is 3. The van der Waals surface area contributed by atoms with Crippen LogP contribution in [-0.4, -0.2) is 15.9 Å². The highest BCUT2D eigenvalue weighted by Crippen LogP contribution is 2.15. The zero-order chi connectivity index (χ0) is 14.7. The highest BCUT2D eigenvalue weighted by atomic mass is 35.5. The molecule has 0 fully saturated rings. The van der Waals surface area contributed by atoms with Gasteiger partial charge in [0.15, 0.2) is 0 Å². The fraction of sp³-hybridized carbons (Fsp3) is 0.0833. The minimum Gasteiger partial charge on any atom is -0.310 e. The van der Waals surface area contributed by atoms with Crippen molar-refractivity contribution in [1.82, 2.24) is 9.97 Å². The molecule has 104 valence electrons. The summed E-state index contributed by atoms with van der Waals surface area (Å²) in [7, 11) is 0. The number of anilines is 1. The summed E-state index contributed by atoms with van der Waals surface area (Å²) in [5.41, 5.74) is 0.0650. The van der Waals surface area contributed by atoms with E-state index in [1.807, 2.05) is 0 Å². The summed E-state index contributed by atoms with van der Waals surface area (Å²) in [6.45, 7) is 0. The van der Waals surface area contributed by atoms with Crippen LogP contribution in [0, 0.1) is 11.6 Å². The number of amides is 1. The number of hydrogen-bond donors (Lipinski definition) is 1. The third-order valence-electron chi connectivity index (χ3n) is 2.30. The highest BCUT2D eigenvalue weighted by Gasteiger charge is 2.11. The van der Waals surface area contributed by atoms with Gasteiger partial charge in [-0.25, -0.2) is 18.7 Å². The molecular formula is C12H7Cl2F2N3O. The number of nitrogens with zero attached hydrogens (tertiary/aromatic N) is 2. The zero-order valence-electron chi connectivity index (χ0n) is 9.83. The standard InChI is InChI=1S/C12H7Cl2F2N3O/c13-9-5-10(19-12(14)17-9)18-11(20)3-6-1-2-7(15)4-8(6)16/h1-2,4-5H,3H2,(H,17,18,19,20). The number of nitrogens with one attached hydrogen (secondary N) is 1. The minimum atomic E-state index is -0.793. The lowest BCUT2D eigenvalue weighted by atomic mass is 10.1. The second kappa shape index (κ2) is 6.11. The number of carbonyl (C=O) groups excluding carboxylic acids is 1. The van der Waals surface area contributed by atoms with E-state index in [1.54, 1.807) is 0 Å². The normalized spacial score (nSPS) is 10.4. The van der Waals surface area contributed by atoms with Crippen molar-refractivity contribution in [3.63, 3.8) is 0 Å². The van der Waals surface area contributed by atoms with E-state index in [2.05, 4.69) is 15.3 Å². The first-order valence-electron chi connectivity index (χ1n) is 5.38. The summed E-state index contributed by atoms with van der Waals surface area (Å²) in [6.07, 6.45) is -0.272. The molecule has 0 spiro atoms. The van der Waals surface area contributed by atoms with Crippen molar-refractivity contribution < 1.29 is 13.6 Å². The van der Waals surface area contributed by atoms with Crippen molar-refractivity contribution in [3.05, 3.63) is 51.9 Å². The maximum absolute atomic E-state index is 13.4. The van der Waals surface area contributed by atoms with E-state index in [9.17, 15) is 13.6 Å². The van der Waals surface area contributed by atoms with Gasteiger partial charge in [-0.1, -0.05) is 17.7 Å². The summed E-state index contributed by atoms with van der Waals surface area (Å²) in [5.74, 6) is -1.94. The lowest BCUT2D eigenvalue weighted by molar-refractivity contribution is -0.115. The lowest BCUT2D eigenvalue weighted by Gasteiger charge is -2.06. The first-order chi connectivity index (χ1) is 9.44. The largest absolute Gasteiger partial charge is 0.310 e. The van der Waals surface area contributed by atoms with Crippen molar-refractivity contribution in [1.29, 1.82) is 0 Å². The Morgan fingerprint density at radius 1 is 1.20 bits per heavy atom. The summed E-state index contributed by atoms with van der Waals surface area (Å²) < 4.78 is 26.1. The van der Waals surface area contributed by atoms with E-state index in [-0.39, 0.29) is 28.2 Å². The first kappa shape index (κ1) is 14.6. The van der Waals surface area contributed by atoms with Gasteiger partial charge in [-0.15, -0.1) is 0 Å². The van der Waals surface area contributed by atoms with E-state index in [4.69, 9.17) is 23.2 Å². The predicted octanol–water partition coefficient (Wildman–Crippen LogP) is 3.24. The smallest absolute Gasteiger partial charge is 0.230 e. The van der Waals surface area contributed by atoms with Gasteiger partial charge in [0.2, 0.25) is 11.2 Å². The van der Waals surface area contributed by atoms with Crippen molar-refractivity contribution in [3.8, 4) is 0 Å². The van der Waals surface area contributed by atoms with Crippen LogP contribution in [0.15, 0.2) is 24.3 Å². The summed E-state index contributed by atoms with van der Waals surface area (Å²) in [4.78, 5) is 19.1. The number of benzene rings is 1. The Hall–Kier alpha value is -1.79. The van der Waals surface area contributed by atoms with Crippen LogP contribution in [0.1, 0.15) is 5.56 Å². The summed E-state index contributed by atoms with van der Waals surface area (Å²) in [6, 6.07) is 4.28. The molecule has 1 aromatic heterocycles. The third kappa shape index (κ3) is 3.85. The van der Waals surface area contributed by atoms with Gasteiger partial charge in [0.1, 0.15) is 22.6 Å². The van der Waals surface area contributed by atoms with Crippen molar-refractivity contribution in [2.45, 2.75) is 6.42 Å². The maximum atomic E-state index is 13.4. The molecule has 0 saturated heterocycles. The lowest BCUT2D eigenvalue weighted by Crippen LogP contribution is -2.16. The van der Waals surface area contributed by atoms with E-state index in [0.29, 0.717) is 6.07 Å². The Labute approximate surface area is 122 Å². The van der Waals surface area contributed by atoms with Crippen LogP contribution in [0.5, 0.6) is 0 Å². The van der Waals surface area contributed by atoms with Crippen LogP contribution in [0.4, 0.5) is 14.6 Å². The van der Waals surface area contributed by atoms with Crippen LogP contribution in [0.3, 0.4) is 0 Å². The Balaban J connectivity index is 2.09. The third-order valence-corrected chi connectivity index (χ3v) is 2.66. The molecule has 4 nitrogen and oxygen atoms in total. The Kier molecular flexibility index (Phi) is 4.46. The molecule has 1 amide bonds. The number of carbonyl (C=O) groups is 1. The molecule has 0 atom stereocenters. The van der Waals surface area contributed by atoms with Gasteiger partial charge in [0.05, 0.1) is 6.42 Å². The van der Waals surface area contributed by atoms with Crippen LogP contribution in [-0.2, 0) is 11.2 Å². The molecule has 20 heavy (non-hydrogen) atoms. The molecule has 2 rings (SSSR count). The molecule has 1 N–H and O–H groups in total. The van der Waals surface area contributed by atoms with Crippen LogP contribution in [0.2, 0.25) is 10.4 Å². The first-order valence-corrected chi connectivity index (χ1v) is 6.13. The van der Waals surface area contributed by atoms with Crippen molar-refractivity contribution >= 4 is 34.9 Å². The summed E-state index contributed by atoms with van der Waals surface area (Å²) in [5, 5.41) is 2.33. The van der Waals surface area contributed by atoms with E-state index < -0.39 is 17.5 Å².